The van der Waals surface area contributed by atoms with Gasteiger partial charge in [0.15, 0.2) is 10.7 Å². The molecule has 0 aromatic heterocycles. The maximum Gasteiger partial charge on any atom is 0.388 e. The third kappa shape index (κ3) is 0.946. The maximum atomic E-state index is 10.1. The van der Waals surface area contributed by atoms with Gasteiger partial charge >= 0.3 is 6.20 Å². The Morgan fingerprint density at radius 2 is 2.31 bits per heavy atom. The molecule has 0 aromatic carbocycles. The summed E-state index contributed by atoms with van der Waals surface area (Å²) in [5, 5.41) is 18.7. The van der Waals surface area contributed by atoms with Crippen molar-refractivity contribution in [2.75, 3.05) is 7.11 Å². The molecule has 0 saturated heterocycles. The molecule has 0 radical (unpaired) electrons. The first-order valence-corrected chi connectivity index (χ1v) is 5.49. The average Bonchev–Trinajstić information content (AvgIpc) is 2.65. The van der Waals surface area contributed by atoms with Crippen LogP contribution in [0.1, 0.15) is 19.8 Å². The van der Waals surface area contributed by atoms with Gasteiger partial charge in [0.25, 0.3) is 0 Å². The highest BCUT2D eigenvalue weighted by Crippen LogP contribution is 2.80. The third-order valence-electron chi connectivity index (χ3n) is 4.62. The Kier molecular flexibility index (Phi) is 2.32. The van der Waals surface area contributed by atoms with Crippen LogP contribution < -0.4 is 0 Å². The van der Waals surface area contributed by atoms with Gasteiger partial charge in [-0.25, -0.2) is 0 Å². The summed E-state index contributed by atoms with van der Waals surface area (Å²) in [6.45, 7) is 5.91. The van der Waals surface area contributed by atoms with Crippen LogP contribution in [0.3, 0.4) is 0 Å². The zero-order chi connectivity index (χ0) is 12.0. The van der Waals surface area contributed by atoms with Crippen molar-refractivity contribution in [2.45, 2.75) is 25.9 Å². The van der Waals surface area contributed by atoms with E-state index in [0.29, 0.717) is 5.92 Å². The Bertz CT molecular complexity index is 398. The van der Waals surface area contributed by atoms with Gasteiger partial charge in [0, 0.05) is 12.5 Å². The van der Waals surface area contributed by atoms with Gasteiger partial charge in [-0.3, -0.25) is 0 Å². The normalized spacial score (nSPS) is 45.9. The van der Waals surface area contributed by atoms with E-state index in [1.807, 2.05) is 6.08 Å². The van der Waals surface area contributed by atoms with Crippen molar-refractivity contribution >= 4 is 0 Å². The van der Waals surface area contributed by atoms with Crippen molar-refractivity contribution in [2.24, 2.45) is 16.7 Å². The van der Waals surface area contributed by atoms with Crippen LogP contribution in [0.4, 0.5) is 0 Å². The topological polar surface area (TPSA) is 57.6 Å². The van der Waals surface area contributed by atoms with E-state index in [0.717, 1.165) is 19.0 Å². The quantitative estimate of drug-likeness (QED) is 0.453. The first kappa shape index (κ1) is 11.2. The number of aliphatic hydroxyl groups is 1. The highest BCUT2D eigenvalue weighted by Gasteiger charge is 2.81. The Morgan fingerprint density at radius 1 is 1.62 bits per heavy atom. The molecule has 0 aromatic rings. The van der Waals surface area contributed by atoms with E-state index >= 15 is 0 Å². The van der Waals surface area contributed by atoms with Gasteiger partial charge in [-0.05, 0) is 18.8 Å². The second kappa shape index (κ2) is 3.33. The smallest absolute Gasteiger partial charge is 0.388 e. The Labute approximate surface area is 95.2 Å². The van der Waals surface area contributed by atoms with Crippen LogP contribution in [0, 0.1) is 22.1 Å². The molecular weight excluding hydrogens is 204 g/mol. The van der Waals surface area contributed by atoms with Crippen LogP contribution in [0.2, 0.25) is 0 Å². The van der Waals surface area contributed by atoms with Crippen molar-refractivity contribution in [3.63, 3.8) is 0 Å². The van der Waals surface area contributed by atoms with Gasteiger partial charge in [0.2, 0.25) is 5.39 Å². The number of hydrogen-bond donors (Lipinski definition) is 1. The Balaban J connectivity index is 2.46. The van der Waals surface area contributed by atoms with Crippen LogP contribution in [-0.2, 0) is 4.74 Å². The Morgan fingerprint density at radius 3 is 2.75 bits per heavy atom. The van der Waals surface area contributed by atoms with Crippen molar-refractivity contribution in [1.82, 2.24) is 0 Å². The molecule has 86 valence electrons. The number of hydrogen-bond acceptors (Lipinski definition) is 3. The minimum absolute atomic E-state index is 0.0292. The van der Waals surface area contributed by atoms with Crippen molar-refractivity contribution in [3.05, 3.63) is 29.6 Å². The van der Waals surface area contributed by atoms with E-state index < -0.39 is 5.41 Å². The van der Waals surface area contributed by atoms with Gasteiger partial charge in [-0.1, -0.05) is 13.0 Å². The lowest BCUT2D eigenvalue weighted by atomic mass is 9.86. The van der Waals surface area contributed by atoms with E-state index in [-0.39, 0.29) is 17.3 Å². The van der Waals surface area contributed by atoms with Crippen LogP contribution in [0.15, 0.2) is 24.6 Å². The summed E-state index contributed by atoms with van der Waals surface area (Å²) < 4.78 is 5.46. The summed E-state index contributed by atoms with van der Waals surface area (Å²) in [6.07, 6.45) is 4.89. The number of nitrogens with zero attached hydrogens (tertiary/aromatic N) is 2. The van der Waals surface area contributed by atoms with E-state index in [9.17, 15) is 5.11 Å². The van der Waals surface area contributed by atoms with Crippen LogP contribution in [0.5, 0.6) is 0 Å². The van der Waals surface area contributed by atoms with Crippen molar-refractivity contribution in [1.29, 1.82) is 5.39 Å². The lowest BCUT2D eigenvalue weighted by Gasteiger charge is -2.25. The first-order valence-electron chi connectivity index (χ1n) is 5.49. The van der Waals surface area contributed by atoms with Gasteiger partial charge < -0.3 is 9.84 Å². The molecule has 4 nitrogen and oxygen atoms in total. The highest BCUT2D eigenvalue weighted by molar-refractivity contribution is 5.40. The zero-order valence-electron chi connectivity index (χ0n) is 9.68. The fraction of sp³-hybridized carbons (Fsp3) is 0.667. The zero-order valence-corrected chi connectivity index (χ0v) is 9.68. The van der Waals surface area contributed by atoms with E-state index in [1.165, 1.54) is 0 Å². The van der Waals surface area contributed by atoms with Crippen molar-refractivity contribution in [3.8, 4) is 0 Å². The Hall–Kier alpha value is -1.34. The molecule has 2 aliphatic rings. The van der Waals surface area contributed by atoms with E-state index in [2.05, 4.69) is 18.5 Å². The molecule has 1 N–H and O–H groups in total. The monoisotopic (exact) mass is 221 g/mol. The summed E-state index contributed by atoms with van der Waals surface area (Å²) in [6, 6.07) is 0. The summed E-state index contributed by atoms with van der Waals surface area (Å²) in [7, 11) is 1.65. The van der Waals surface area contributed by atoms with E-state index in [1.54, 1.807) is 7.11 Å². The number of aliphatic hydroxyl groups excluding tert-OH is 1. The molecule has 0 amide bonds. The fourth-order valence-corrected chi connectivity index (χ4v) is 3.81. The second-order valence-corrected chi connectivity index (χ2v) is 4.84. The minimum Gasteiger partial charge on any atom is -0.505 e. The first-order chi connectivity index (χ1) is 7.59. The van der Waals surface area contributed by atoms with Crippen molar-refractivity contribution < 1.29 is 9.84 Å². The number of ether oxygens (including phenoxy) is 1. The standard InChI is InChI=1S/C12H16N2O2/c1-4-11(2)8-5-6-10(16-3)12(8,11)9(15)7-14-13/h4,7-8,10H,1,5-6H2,2-3H3/p+1/b9-7+/t8-,10-,11-,12-/m0/s1. The molecule has 0 aliphatic heterocycles. The lowest BCUT2D eigenvalue weighted by Crippen LogP contribution is -2.29. The minimum atomic E-state index is -0.435. The molecule has 4 heteroatoms. The molecule has 2 rings (SSSR count). The SMILES string of the molecule is C=C[C@@]1(C)[C@@H]2CC[C@H](OC)[C@@]21/C(O)=C\[N+]#N. The number of methoxy groups -OCH3 is 1. The second-order valence-electron chi connectivity index (χ2n) is 4.84. The predicted octanol–water partition coefficient (Wildman–Crippen LogP) is 2.86. The number of diazo groups is 1. The third-order valence-corrected chi connectivity index (χ3v) is 4.62. The summed E-state index contributed by atoms with van der Waals surface area (Å²) in [5.74, 6) is 0.437. The summed E-state index contributed by atoms with van der Waals surface area (Å²) in [4.78, 5) is 2.92. The molecule has 2 saturated carbocycles. The molecule has 0 heterocycles. The molecule has 2 aliphatic carbocycles. The largest absolute Gasteiger partial charge is 0.505 e. The van der Waals surface area contributed by atoms with Gasteiger partial charge in [0.1, 0.15) is 0 Å². The summed E-state index contributed by atoms with van der Waals surface area (Å²) in [5.41, 5.74) is -0.590. The highest BCUT2D eigenvalue weighted by atomic mass is 16.5. The maximum absolute atomic E-state index is 10.1. The molecule has 4 atom stereocenters. The van der Waals surface area contributed by atoms with Gasteiger partial charge in [-0.2, -0.15) is 0 Å². The molecule has 0 bridgehead atoms. The number of allylic oxidation sites excluding steroid dienone is 1. The van der Waals surface area contributed by atoms with Crippen LogP contribution >= 0.6 is 0 Å². The number of fused-ring (bicyclic) bond motifs is 1. The molecule has 2 fully saturated rings. The summed E-state index contributed by atoms with van der Waals surface area (Å²) >= 11 is 0. The molecule has 0 unspecified atom stereocenters. The lowest BCUT2D eigenvalue weighted by molar-refractivity contribution is 0.0313. The van der Waals surface area contributed by atoms with Crippen LogP contribution in [-0.4, -0.2) is 18.3 Å². The van der Waals surface area contributed by atoms with E-state index in [4.69, 9.17) is 10.1 Å². The van der Waals surface area contributed by atoms with Crippen LogP contribution in [0.25, 0.3) is 4.98 Å². The molecule has 16 heavy (non-hydrogen) atoms. The fourth-order valence-electron chi connectivity index (χ4n) is 3.81. The average molecular weight is 221 g/mol. The van der Waals surface area contributed by atoms with Gasteiger partial charge in [-0.15, -0.1) is 6.58 Å². The molecule has 0 spiro atoms. The molecular formula is C12H17N2O2+. The predicted molar refractivity (Wildman–Crippen MR) is 60.1 cm³/mol. The number of rotatable bonds is 3. The van der Waals surface area contributed by atoms with Gasteiger partial charge in [0.05, 0.1) is 11.5 Å².